The van der Waals surface area contributed by atoms with Crippen molar-refractivity contribution < 1.29 is 9.59 Å². The number of thioether (sulfide) groups is 1. The van der Waals surface area contributed by atoms with Crippen molar-refractivity contribution in [2.75, 3.05) is 11.5 Å². The predicted molar refractivity (Wildman–Crippen MR) is 97.5 cm³/mol. The molecular weight excluding hydrogens is 294 g/mol. The normalized spacial score (nSPS) is 12.1. The van der Waals surface area contributed by atoms with E-state index in [1.807, 2.05) is 0 Å². The molecule has 0 bridgehead atoms. The number of amides is 1. The Morgan fingerprint density at radius 2 is 1.36 bits per heavy atom. The van der Waals surface area contributed by atoms with Gasteiger partial charge >= 0.3 is 0 Å². The first kappa shape index (κ1) is 21.5. The van der Waals surface area contributed by atoms with Gasteiger partial charge in [0, 0.05) is 12.7 Å². The molecule has 0 aliphatic heterocycles. The van der Waals surface area contributed by atoms with Crippen LogP contribution in [0.5, 0.6) is 0 Å². The molecule has 1 atom stereocenters. The van der Waals surface area contributed by atoms with Gasteiger partial charge in [0.2, 0.25) is 5.91 Å². The largest absolute Gasteiger partial charge is 0.346 e. The Morgan fingerprint density at radius 3 is 1.82 bits per heavy atom. The van der Waals surface area contributed by atoms with Crippen LogP contribution in [-0.4, -0.2) is 29.2 Å². The zero-order valence-corrected chi connectivity index (χ0v) is 15.6. The van der Waals surface area contributed by atoms with Crippen molar-refractivity contribution in [1.29, 1.82) is 0 Å². The highest BCUT2D eigenvalue weighted by Crippen LogP contribution is 2.13. The van der Waals surface area contributed by atoms with Crippen molar-refractivity contribution >= 4 is 23.5 Å². The minimum atomic E-state index is -0.314. The summed E-state index contributed by atoms with van der Waals surface area (Å²) in [4.78, 5) is 22.4. The van der Waals surface area contributed by atoms with Crippen molar-refractivity contribution in [1.82, 2.24) is 5.32 Å². The molecule has 0 fully saturated rings. The minimum absolute atomic E-state index is 0.0470. The molecule has 1 unspecified atom stereocenters. The second kappa shape index (κ2) is 15.4. The summed E-state index contributed by atoms with van der Waals surface area (Å²) in [5.74, 6) is 1.71. The van der Waals surface area contributed by atoms with Crippen LogP contribution in [0.15, 0.2) is 0 Å². The summed E-state index contributed by atoms with van der Waals surface area (Å²) < 4.78 is 0. The molecule has 0 aromatic rings. The Balaban J connectivity index is 3.35. The average Bonchev–Trinajstić information content (AvgIpc) is 2.46. The number of nitrogens with one attached hydrogen (secondary N) is 1. The summed E-state index contributed by atoms with van der Waals surface area (Å²) in [6.07, 6.45) is 13.5. The second-order valence-electron chi connectivity index (χ2n) is 6.12. The van der Waals surface area contributed by atoms with Gasteiger partial charge in [-0.1, -0.05) is 64.7 Å². The van der Waals surface area contributed by atoms with E-state index < -0.39 is 0 Å². The van der Waals surface area contributed by atoms with E-state index in [0.717, 1.165) is 5.75 Å². The molecule has 0 aromatic carbocycles. The van der Waals surface area contributed by atoms with Gasteiger partial charge in [0.05, 0.1) is 6.04 Å². The van der Waals surface area contributed by atoms with Crippen LogP contribution in [0.3, 0.4) is 0 Å². The molecule has 1 N–H and O–H groups in total. The van der Waals surface area contributed by atoms with E-state index in [1.165, 1.54) is 71.1 Å². The van der Waals surface area contributed by atoms with Gasteiger partial charge < -0.3 is 5.32 Å². The third-order valence-electron chi connectivity index (χ3n) is 3.79. The molecule has 22 heavy (non-hydrogen) atoms. The molecule has 0 spiro atoms. The van der Waals surface area contributed by atoms with Crippen molar-refractivity contribution in [3.63, 3.8) is 0 Å². The fourth-order valence-corrected chi connectivity index (χ4v) is 3.53. The first-order valence-corrected chi connectivity index (χ1v) is 10.1. The van der Waals surface area contributed by atoms with Gasteiger partial charge in [0.15, 0.2) is 5.78 Å². The fourth-order valence-electron chi connectivity index (χ4n) is 2.40. The number of hydrogen-bond donors (Lipinski definition) is 1. The van der Waals surface area contributed by atoms with E-state index in [-0.39, 0.29) is 17.7 Å². The SMILES string of the molecule is CCCCCCCCCCCCSCC(NC(C)=O)C(C)=O. The minimum Gasteiger partial charge on any atom is -0.346 e. The quantitative estimate of drug-likeness (QED) is 0.442. The van der Waals surface area contributed by atoms with Gasteiger partial charge in [0.25, 0.3) is 0 Å². The number of unbranched alkanes of at least 4 members (excludes halogenated alkanes) is 9. The Kier molecular flexibility index (Phi) is 15.0. The number of hydrogen-bond acceptors (Lipinski definition) is 3. The number of carbonyl (C=O) groups is 2. The van der Waals surface area contributed by atoms with E-state index >= 15 is 0 Å². The number of carbonyl (C=O) groups excluding carboxylic acids is 2. The van der Waals surface area contributed by atoms with E-state index in [1.54, 1.807) is 18.7 Å². The lowest BCUT2D eigenvalue weighted by molar-refractivity contribution is -0.125. The zero-order chi connectivity index (χ0) is 16.6. The third-order valence-corrected chi connectivity index (χ3v) is 4.94. The average molecular weight is 330 g/mol. The first-order valence-electron chi connectivity index (χ1n) is 8.93. The number of Topliss-reactive ketones (excluding diaryl/α,β-unsaturated/α-hetero) is 1. The summed E-state index contributed by atoms with van der Waals surface area (Å²) in [5, 5.41) is 2.71. The third kappa shape index (κ3) is 14.4. The van der Waals surface area contributed by atoms with Gasteiger partial charge in [-0.15, -0.1) is 0 Å². The molecule has 0 rings (SSSR count). The Hall–Kier alpha value is -0.510. The lowest BCUT2D eigenvalue weighted by Gasteiger charge is -2.14. The van der Waals surface area contributed by atoms with Gasteiger partial charge in [-0.05, 0) is 19.1 Å². The predicted octanol–water partition coefficient (Wildman–Crippen LogP) is 4.73. The Labute approximate surface area is 141 Å². The monoisotopic (exact) mass is 329 g/mol. The van der Waals surface area contributed by atoms with Crippen LogP contribution in [0.2, 0.25) is 0 Å². The van der Waals surface area contributed by atoms with E-state index in [0.29, 0.717) is 5.75 Å². The maximum absolute atomic E-state index is 11.4. The number of ketones is 1. The van der Waals surface area contributed by atoms with Gasteiger partial charge in [0.1, 0.15) is 0 Å². The Bertz CT molecular complexity index is 295. The van der Waals surface area contributed by atoms with Crippen LogP contribution in [-0.2, 0) is 9.59 Å². The van der Waals surface area contributed by atoms with Crippen molar-refractivity contribution in [3.05, 3.63) is 0 Å². The highest BCUT2D eigenvalue weighted by atomic mass is 32.2. The summed E-state index contributed by atoms with van der Waals surface area (Å²) in [7, 11) is 0. The van der Waals surface area contributed by atoms with Gasteiger partial charge in [-0.3, -0.25) is 9.59 Å². The summed E-state index contributed by atoms with van der Waals surface area (Å²) >= 11 is 1.77. The zero-order valence-electron chi connectivity index (χ0n) is 14.8. The highest BCUT2D eigenvalue weighted by Gasteiger charge is 2.14. The molecule has 3 nitrogen and oxygen atoms in total. The van der Waals surface area contributed by atoms with Gasteiger partial charge in [-0.25, -0.2) is 0 Å². The molecule has 0 aliphatic carbocycles. The van der Waals surface area contributed by atoms with Crippen LogP contribution >= 0.6 is 11.8 Å². The van der Waals surface area contributed by atoms with Crippen LogP contribution < -0.4 is 5.32 Å². The maximum atomic E-state index is 11.4. The molecule has 0 aliphatic rings. The molecular formula is C18H35NO2S. The van der Waals surface area contributed by atoms with Crippen LogP contribution in [0.4, 0.5) is 0 Å². The molecule has 0 saturated heterocycles. The number of rotatable bonds is 15. The van der Waals surface area contributed by atoms with Crippen molar-refractivity contribution in [3.8, 4) is 0 Å². The maximum Gasteiger partial charge on any atom is 0.217 e. The van der Waals surface area contributed by atoms with E-state index in [2.05, 4.69) is 12.2 Å². The van der Waals surface area contributed by atoms with Crippen molar-refractivity contribution in [2.45, 2.75) is 91.0 Å². The second-order valence-corrected chi connectivity index (χ2v) is 7.27. The molecule has 0 radical (unpaired) electrons. The molecule has 130 valence electrons. The van der Waals surface area contributed by atoms with Crippen LogP contribution in [0.1, 0.15) is 85.0 Å². The molecule has 0 heterocycles. The smallest absolute Gasteiger partial charge is 0.217 e. The summed E-state index contributed by atoms with van der Waals surface area (Å²) in [5.41, 5.74) is 0. The lowest BCUT2D eigenvalue weighted by Crippen LogP contribution is -2.40. The Morgan fingerprint density at radius 1 is 0.864 bits per heavy atom. The molecule has 1 amide bonds. The van der Waals surface area contributed by atoms with E-state index in [4.69, 9.17) is 0 Å². The summed E-state index contributed by atoms with van der Waals surface area (Å²) in [6.45, 7) is 5.26. The van der Waals surface area contributed by atoms with Crippen LogP contribution in [0, 0.1) is 0 Å². The molecule has 4 heteroatoms. The first-order chi connectivity index (χ1) is 10.6. The van der Waals surface area contributed by atoms with Gasteiger partial charge in [-0.2, -0.15) is 11.8 Å². The summed E-state index contributed by atoms with van der Waals surface area (Å²) in [6, 6.07) is -0.314. The van der Waals surface area contributed by atoms with Crippen molar-refractivity contribution in [2.24, 2.45) is 0 Å². The highest BCUT2D eigenvalue weighted by molar-refractivity contribution is 7.99. The lowest BCUT2D eigenvalue weighted by atomic mass is 10.1. The topological polar surface area (TPSA) is 46.2 Å². The van der Waals surface area contributed by atoms with E-state index in [9.17, 15) is 9.59 Å². The fraction of sp³-hybridized carbons (Fsp3) is 0.889. The van der Waals surface area contributed by atoms with Crippen LogP contribution in [0.25, 0.3) is 0 Å². The molecule has 0 saturated carbocycles. The standard InChI is InChI=1S/C18H35NO2S/c1-4-5-6-7-8-9-10-11-12-13-14-22-15-18(16(2)20)19-17(3)21/h18H,4-15H2,1-3H3,(H,19,21). The molecule has 0 aromatic heterocycles.